The lowest BCUT2D eigenvalue weighted by Crippen LogP contribution is -2.57. The van der Waals surface area contributed by atoms with Crippen molar-refractivity contribution < 1.29 is 14.2 Å². The Labute approximate surface area is 187 Å². The van der Waals surface area contributed by atoms with Crippen LogP contribution >= 0.6 is 0 Å². The van der Waals surface area contributed by atoms with Crippen molar-refractivity contribution in [1.82, 2.24) is 15.2 Å². The number of nitrogens with one attached hydrogen (secondary N) is 1. The molecule has 1 unspecified atom stereocenters. The van der Waals surface area contributed by atoms with Crippen LogP contribution in [-0.2, 0) is 6.54 Å². The van der Waals surface area contributed by atoms with E-state index in [1.54, 1.807) is 18.3 Å². The molecule has 2 aliphatic rings. The Balaban J connectivity index is 1.24. The number of likely N-dealkylation sites (N-methyl/N-ethyl adjacent to an activating group) is 1. The molecule has 0 saturated carbocycles. The number of hydrogen-bond donors (Lipinski definition) is 2. The average molecular weight is 434 g/mol. The summed E-state index contributed by atoms with van der Waals surface area (Å²) in [5.41, 5.74) is 8.61. The van der Waals surface area contributed by atoms with Crippen molar-refractivity contribution in [1.29, 1.82) is 0 Å². The fourth-order valence-corrected chi connectivity index (χ4v) is 4.01. The van der Waals surface area contributed by atoms with Crippen molar-refractivity contribution in [3.8, 4) is 23.1 Å². The molecule has 3 aromatic rings. The van der Waals surface area contributed by atoms with Crippen molar-refractivity contribution in [2.24, 2.45) is 0 Å². The summed E-state index contributed by atoms with van der Waals surface area (Å²) in [6.07, 6.45) is 1.77. The smallest absolute Gasteiger partial charge is 0.231 e. The molecule has 1 saturated heterocycles. The first-order valence-corrected chi connectivity index (χ1v) is 10.7. The normalized spacial score (nSPS) is 17.8. The highest BCUT2D eigenvalue weighted by Crippen LogP contribution is 2.33. The van der Waals surface area contributed by atoms with E-state index in [-0.39, 0.29) is 6.17 Å². The molecule has 1 atom stereocenters. The minimum Gasteiger partial charge on any atom is -0.454 e. The summed E-state index contributed by atoms with van der Waals surface area (Å²) in [6.45, 7) is 3.98. The van der Waals surface area contributed by atoms with Crippen molar-refractivity contribution in [3.63, 3.8) is 0 Å². The van der Waals surface area contributed by atoms with Gasteiger partial charge in [0.15, 0.2) is 11.5 Å². The molecular formula is C24H27N5O3. The Kier molecular flexibility index (Phi) is 5.70. The number of nitrogens with zero attached hydrogens (tertiary/aromatic N) is 3. The second-order valence-corrected chi connectivity index (χ2v) is 8.03. The predicted molar refractivity (Wildman–Crippen MR) is 123 cm³/mol. The van der Waals surface area contributed by atoms with Crippen LogP contribution in [0.2, 0.25) is 0 Å². The van der Waals surface area contributed by atoms with Crippen LogP contribution in [0.25, 0.3) is 0 Å². The van der Waals surface area contributed by atoms with Gasteiger partial charge < -0.3 is 24.8 Å². The molecular weight excluding hydrogens is 406 g/mol. The molecule has 0 amide bonds. The molecule has 32 heavy (non-hydrogen) atoms. The number of ether oxygens (including phenoxy) is 3. The molecule has 1 aromatic heterocycles. The standard InChI is InChI=1S/C24H27N5O3/c1-28(19-3-2-4-20(12-19)32-24-8-6-18(25)13-27-24)23-15-29(10-9-26-23)14-17-5-7-21-22(11-17)31-16-30-21/h2-8,11-13,23,26H,9-10,14-16,25H2,1H3. The summed E-state index contributed by atoms with van der Waals surface area (Å²) >= 11 is 0. The van der Waals surface area contributed by atoms with Gasteiger partial charge in [0.25, 0.3) is 0 Å². The summed E-state index contributed by atoms with van der Waals surface area (Å²) in [5.74, 6) is 2.91. The summed E-state index contributed by atoms with van der Waals surface area (Å²) in [6, 6.07) is 17.8. The molecule has 1 fully saturated rings. The van der Waals surface area contributed by atoms with Gasteiger partial charge in [-0.1, -0.05) is 12.1 Å². The number of hydrogen-bond acceptors (Lipinski definition) is 8. The van der Waals surface area contributed by atoms with Crippen LogP contribution in [0.5, 0.6) is 23.1 Å². The number of piperazine rings is 1. The third-order valence-corrected chi connectivity index (χ3v) is 5.76. The highest BCUT2D eigenvalue weighted by Gasteiger charge is 2.24. The highest BCUT2D eigenvalue weighted by atomic mass is 16.7. The maximum absolute atomic E-state index is 5.90. The molecule has 2 aromatic carbocycles. The van der Waals surface area contributed by atoms with Crippen molar-refractivity contribution >= 4 is 11.4 Å². The summed E-state index contributed by atoms with van der Waals surface area (Å²) in [7, 11) is 2.10. The molecule has 0 spiro atoms. The number of aromatic nitrogens is 1. The lowest BCUT2D eigenvalue weighted by atomic mass is 10.1. The minimum atomic E-state index is 0.183. The summed E-state index contributed by atoms with van der Waals surface area (Å²) < 4.78 is 16.8. The molecule has 5 rings (SSSR count). The quantitative estimate of drug-likeness (QED) is 0.614. The van der Waals surface area contributed by atoms with E-state index in [2.05, 4.69) is 45.3 Å². The van der Waals surface area contributed by atoms with E-state index < -0.39 is 0 Å². The molecule has 166 valence electrons. The largest absolute Gasteiger partial charge is 0.454 e. The van der Waals surface area contributed by atoms with Gasteiger partial charge in [0, 0.05) is 51.0 Å². The SMILES string of the molecule is CN(c1cccc(Oc2ccc(N)cn2)c1)C1CN(Cc2ccc3c(c2)OCO3)CCN1. The topological polar surface area (TPSA) is 85.1 Å². The average Bonchev–Trinajstić information content (AvgIpc) is 3.28. The fourth-order valence-electron chi connectivity index (χ4n) is 4.01. The van der Waals surface area contributed by atoms with Crippen LogP contribution in [0.4, 0.5) is 11.4 Å². The number of rotatable bonds is 6. The van der Waals surface area contributed by atoms with E-state index >= 15 is 0 Å². The first kappa shape index (κ1) is 20.4. The van der Waals surface area contributed by atoms with Gasteiger partial charge in [-0.2, -0.15) is 0 Å². The van der Waals surface area contributed by atoms with E-state index in [1.165, 1.54) is 5.56 Å². The lowest BCUT2D eigenvalue weighted by Gasteiger charge is -2.39. The van der Waals surface area contributed by atoms with Crippen molar-refractivity contribution in [2.75, 3.05) is 44.1 Å². The minimum absolute atomic E-state index is 0.183. The third-order valence-electron chi connectivity index (χ3n) is 5.76. The number of benzene rings is 2. The molecule has 0 aliphatic carbocycles. The van der Waals surface area contributed by atoms with Crippen LogP contribution in [0.3, 0.4) is 0 Å². The Morgan fingerprint density at radius 1 is 1.16 bits per heavy atom. The molecule has 0 bridgehead atoms. The Hall–Kier alpha value is -3.49. The van der Waals surface area contributed by atoms with Crippen LogP contribution in [-0.4, -0.2) is 49.5 Å². The van der Waals surface area contributed by atoms with Crippen molar-refractivity contribution in [2.45, 2.75) is 12.7 Å². The first-order chi connectivity index (χ1) is 15.6. The van der Waals surface area contributed by atoms with E-state index in [4.69, 9.17) is 19.9 Å². The fraction of sp³-hybridized carbons (Fsp3) is 0.292. The van der Waals surface area contributed by atoms with Gasteiger partial charge in [0.1, 0.15) is 5.75 Å². The maximum Gasteiger partial charge on any atom is 0.231 e. The van der Waals surface area contributed by atoms with Gasteiger partial charge in [-0.05, 0) is 35.9 Å². The van der Waals surface area contributed by atoms with Crippen LogP contribution in [0, 0.1) is 0 Å². The van der Waals surface area contributed by atoms with Crippen LogP contribution in [0.15, 0.2) is 60.8 Å². The van der Waals surface area contributed by atoms with Gasteiger partial charge in [-0.3, -0.25) is 10.2 Å². The Morgan fingerprint density at radius 3 is 2.94 bits per heavy atom. The van der Waals surface area contributed by atoms with Gasteiger partial charge >= 0.3 is 0 Å². The number of pyridine rings is 1. The molecule has 0 radical (unpaired) electrons. The molecule has 3 N–H and O–H groups in total. The van der Waals surface area contributed by atoms with Crippen LogP contribution < -0.4 is 30.2 Å². The second-order valence-electron chi connectivity index (χ2n) is 8.03. The first-order valence-electron chi connectivity index (χ1n) is 10.7. The predicted octanol–water partition coefficient (Wildman–Crippen LogP) is 3.05. The zero-order chi connectivity index (χ0) is 21.9. The maximum atomic E-state index is 5.90. The monoisotopic (exact) mass is 433 g/mol. The number of fused-ring (bicyclic) bond motifs is 1. The summed E-state index contributed by atoms with van der Waals surface area (Å²) in [4.78, 5) is 8.91. The molecule has 8 nitrogen and oxygen atoms in total. The number of anilines is 2. The van der Waals surface area contributed by atoms with E-state index in [9.17, 15) is 0 Å². The van der Waals surface area contributed by atoms with E-state index in [0.29, 0.717) is 18.4 Å². The van der Waals surface area contributed by atoms with E-state index in [1.807, 2.05) is 24.3 Å². The zero-order valence-electron chi connectivity index (χ0n) is 18.0. The third kappa shape index (κ3) is 4.56. The zero-order valence-corrected chi connectivity index (χ0v) is 18.0. The van der Waals surface area contributed by atoms with Crippen molar-refractivity contribution in [3.05, 3.63) is 66.4 Å². The number of nitrogen functional groups attached to an aromatic ring is 1. The van der Waals surface area contributed by atoms with Gasteiger partial charge in [-0.15, -0.1) is 0 Å². The highest BCUT2D eigenvalue weighted by molar-refractivity contribution is 5.52. The van der Waals surface area contributed by atoms with Gasteiger partial charge in [0.05, 0.1) is 18.1 Å². The lowest BCUT2D eigenvalue weighted by molar-refractivity contribution is 0.173. The summed E-state index contributed by atoms with van der Waals surface area (Å²) in [5, 5.41) is 3.62. The second kappa shape index (κ2) is 8.94. The number of nitrogens with two attached hydrogens (primary N) is 1. The van der Waals surface area contributed by atoms with Gasteiger partial charge in [0.2, 0.25) is 12.7 Å². The molecule has 3 heterocycles. The Bertz CT molecular complexity index is 1080. The van der Waals surface area contributed by atoms with Crippen LogP contribution in [0.1, 0.15) is 5.56 Å². The molecule has 8 heteroatoms. The Morgan fingerprint density at radius 2 is 2.06 bits per heavy atom. The van der Waals surface area contributed by atoms with Gasteiger partial charge in [-0.25, -0.2) is 4.98 Å². The van der Waals surface area contributed by atoms with E-state index in [0.717, 1.165) is 49.1 Å². The molecule has 2 aliphatic heterocycles.